The number of aromatic nitrogens is 1. The van der Waals surface area contributed by atoms with Crippen molar-refractivity contribution in [3.63, 3.8) is 0 Å². The maximum atomic E-state index is 12.4. The fourth-order valence-electron chi connectivity index (χ4n) is 3.65. The van der Waals surface area contributed by atoms with Crippen LogP contribution in [0.5, 0.6) is 0 Å². The van der Waals surface area contributed by atoms with Crippen molar-refractivity contribution in [1.29, 1.82) is 0 Å². The topological polar surface area (TPSA) is 57.7 Å². The summed E-state index contributed by atoms with van der Waals surface area (Å²) in [4.78, 5) is 21.0. The summed E-state index contributed by atoms with van der Waals surface area (Å²) in [6.07, 6.45) is 3.02. The molecule has 0 aromatic carbocycles. The highest BCUT2D eigenvalue weighted by Gasteiger charge is 2.25. The largest absolute Gasteiger partial charge is 0.378 e. The summed E-state index contributed by atoms with van der Waals surface area (Å²) < 4.78 is 5.38. The summed E-state index contributed by atoms with van der Waals surface area (Å²) in [5, 5.41) is 3.06. The summed E-state index contributed by atoms with van der Waals surface area (Å²) in [6, 6.07) is 4.07. The monoisotopic (exact) mass is 332 g/mol. The third-order valence-electron chi connectivity index (χ3n) is 4.74. The van der Waals surface area contributed by atoms with Crippen molar-refractivity contribution in [3.8, 4) is 0 Å². The number of urea groups is 1. The molecule has 0 spiro atoms. The summed E-state index contributed by atoms with van der Waals surface area (Å²) in [5.41, 5.74) is 1.08. The number of rotatable bonds is 3. The van der Waals surface area contributed by atoms with Gasteiger partial charge in [0.2, 0.25) is 0 Å². The first-order valence-electron chi connectivity index (χ1n) is 8.92. The number of anilines is 1. The first-order chi connectivity index (χ1) is 11.6. The van der Waals surface area contributed by atoms with Crippen molar-refractivity contribution in [1.82, 2.24) is 15.2 Å². The third kappa shape index (κ3) is 4.38. The molecule has 6 nitrogen and oxygen atoms in total. The van der Waals surface area contributed by atoms with Crippen LogP contribution >= 0.6 is 0 Å². The molecule has 2 atom stereocenters. The van der Waals surface area contributed by atoms with E-state index in [1.54, 1.807) is 0 Å². The molecule has 24 heavy (non-hydrogen) atoms. The number of hydrogen-bond acceptors (Lipinski definition) is 4. The molecule has 2 unspecified atom stereocenters. The van der Waals surface area contributed by atoms with Crippen LogP contribution in [0.25, 0.3) is 0 Å². The van der Waals surface area contributed by atoms with Gasteiger partial charge in [-0.1, -0.05) is 13.8 Å². The first-order valence-corrected chi connectivity index (χ1v) is 8.92. The Morgan fingerprint density at radius 2 is 2.00 bits per heavy atom. The van der Waals surface area contributed by atoms with Gasteiger partial charge in [-0.3, -0.25) is 0 Å². The molecule has 2 amide bonds. The summed E-state index contributed by atoms with van der Waals surface area (Å²) in [5.74, 6) is 2.12. The van der Waals surface area contributed by atoms with Crippen LogP contribution in [-0.4, -0.2) is 55.3 Å². The maximum Gasteiger partial charge on any atom is 0.317 e. The van der Waals surface area contributed by atoms with Gasteiger partial charge in [0.15, 0.2) is 0 Å². The van der Waals surface area contributed by atoms with E-state index in [-0.39, 0.29) is 6.03 Å². The second-order valence-corrected chi connectivity index (χ2v) is 7.13. The fourth-order valence-corrected chi connectivity index (χ4v) is 3.65. The average molecular weight is 332 g/mol. The first kappa shape index (κ1) is 17.0. The van der Waals surface area contributed by atoms with E-state index in [2.05, 4.69) is 35.1 Å². The maximum absolute atomic E-state index is 12.4. The molecule has 3 heterocycles. The number of pyridine rings is 1. The predicted octanol–water partition coefficient (Wildman–Crippen LogP) is 2.11. The SMILES string of the molecule is CC1CC(C)CN(C(=O)NCc2ccnc(N3CCOCC3)c2)C1. The molecule has 1 aromatic heterocycles. The molecule has 0 aliphatic carbocycles. The Kier molecular flexibility index (Phi) is 5.56. The lowest BCUT2D eigenvalue weighted by Gasteiger charge is -2.35. The van der Waals surface area contributed by atoms with Crippen molar-refractivity contribution >= 4 is 11.8 Å². The average Bonchev–Trinajstić information content (AvgIpc) is 2.60. The lowest BCUT2D eigenvalue weighted by Crippen LogP contribution is -2.47. The van der Waals surface area contributed by atoms with Gasteiger partial charge < -0.3 is 19.9 Å². The number of carbonyl (C=O) groups is 1. The van der Waals surface area contributed by atoms with Crippen molar-refractivity contribution < 1.29 is 9.53 Å². The molecule has 1 aromatic rings. The molecular formula is C18H28N4O2. The van der Waals surface area contributed by atoms with Crippen molar-refractivity contribution in [2.75, 3.05) is 44.3 Å². The molecule has 2 aliphatic heterocycles. The van der Waals surface area contributed by atoms with Crippen LogP contribution in [0.3, 0.4) is 0 Å². The van der Waals surface area contributed by atoms with E-state index in [0.29, 0.717) is 18.4 Å². The smallest absolute Gasteiger partial charge is 0.317 e. The van der Waals surface area contributed by atoms with Crippen LogP contribution in [0.15, 0.2) is 18.3 Å². The van der Waals surface area contributed by atoms with Gasteiger partial charge in [0, 0.05) is 38.9 Å². The zero-order chi connectivity index (χ0) is 16.9. The van der Waals surface area contributed by atoms with Gasteiger partial charge in [-0.15, -0.1) is 0 Å². The molecule has 2 fully saturated rings. The van der Waals surface area contributed by atoms with Gasteiger partial charge in [0.05, 0.1) is 13.2 Å². The standard InChI is InChI=1S/C18H28N4O2/c1-14-9-15(2)13-22(12-14)18(23)20-11-16-3-4-19-17(10-16)21-5-7-24-8-6-21/h3-4,10,14-15H,5-9,11-13H2,1-2H3,(H,20,23). The van der Waals surface area contributed by atoms with Gasteiger partial charge >= 0.3 is 6.03 Å². The number of amides is 2. The molecule has 1 N–H and O–H groups in total. The second kappa shape index (κ2) is 7.83. The fraction of sp³-hybridized carbons (Fsp3) is 0.667. The van der Waals surface area contributed by atoms with E-state index >= 15 is 0 Å². The number of likely N-dealkylation sites (tertiary alicyclic amines) is 1. The zero-order valence-corrected chi connectivity index (χ0v) is 14.7. The lowest BCUT2D eigenvalue weighted by molar-refractivity contribution is 0.122. The Morgan fingerprint density at radius 1 is 1.29 bits per heavy atom. The predicted molar refractivity (Wildman–Crippen MR) is 94.0 cm³/mol. The van der Waals surface area contributed by atoms with E-state index in [9.17, 15) is 4.79 Å². The molecular weight excluding hydrogens is 304 g/mol. The van der Waals surface area contributed by atoms with E-state index in [0.717, 1.165) is 50.8 Å². The Labute approximate surface area is 144 Å². The van der Waals surface area contributed by atoms with Crippen LogP contribution in [-0.2, 0) is 11.3 Å². The number of nitrogens with one attached hydrogen (secondary N) is 1. The van der Waals surface area contributed by atoms with Crippen molar-refractivity contribution in [3.05, 3.63) is 23.9 Å². The molecule has 2 aliphatic rings. The van der Waals surface area contributed by atoms with Gasteiger partial charge in [-0.05, 0) is 36.0 Å². The second-order valence-electron chi connectivity index (χ2n) is 7.13. The molecule has 0 saturated carbocycles. The molecule has 0 radical (unpaired) electrons. The Bertz CT molecular complexity index is 550. The highest BCUT2D eigenvalue weighted by molar-refractivity contribution is 5.74. The highest BCUT2D eigenvalue weighted by atomic mass is 16.5. The molecule has 3 rings (SSSR count). The zero-order valence-electron chi connectivity index (χ0n) is 14.7. The van der Waals surface area contributed by atoms with Crippen LogP contribution in [0.2, 0.25) is 0 Å². The Hall–Kier alpha value is -1.82. The van der Waals surface area contributed by atoms with E-state index < -0.39 is 0 Å². The Morgan fingerprint density at radius 3 is 2.71 bits per heavy atom. The molecule has 2 saturated heterocycles. The Balaban J connectivity index is 1.55. The lowest BCUT2D eigenvalue weighted by atomic mass is 9.92. The van der Waals surface area contributed by atoms with Crippen LogP contribution < -0.4 is 10.2 Å². The van der Waals surface area contributed by atoms with E-state index in [1.165, 1.54) is 6.42 Å². The summed E-state index contributed by atoms with van der Waals surface area (Å²) in [6.45, 7) is 9.90. The summed E-state index contributed by atoms with van der Waals surface area (Å²) >= 11 is 0. The van der Waals surface area contributed by atoms with Gasteiger partial charge in [-0.2, -0.15) is 0 Å². The molecule has 6 heteroatoms. The van der Waals surface area contributed by atoms with Crippen LogP contribution in [0.1, 0.15) is 25.8 Å². The number of carbonyl (C=O) groups excluding carboxylic acids is 1. The summed E-state index contributed by atoms with van der Waals surface area (Å²) in [7, 11) is 0. The van der Waals surface area contributed by atoms with Crippen LogP contribution in [0.4, 0.5) is 10.6 Å². The van der Waals surface area contributed by atoms with Gasteiger partial charge in [0.1, 0.15) is 5.82 Å². The number of nitrogens with zero attached hydrogens (tertiary/aromatic N) is 3. The quantitative estimate of drug-likeness (QED) is 0.921. The minimum Gasteiger partial charge on any atom is -0.378 e. The highest BCUT2D eigenvalue weighted by Crippen LogP contribution is 2.21. The third-order valence-corrected chi connectivity index (χ3v) is 4.74. The molecule has 132 valence electrons. The van der Waals surface area contributed by atoms with E-state index in [4.69, 9.17) is 4.74 Å². The van der Waals surface area contributed by atoms with Crippen molar-refractivity contribution in [2.45, 2.75) is 26.8 Å². The van der Waals surface area contributed by atoms with Crippen LogP contribution in [0, 0.1) is 11.8 Å². The minimum absolute atomic E-state index is 0.0399. The number of morpholine rings is 1. The van der Waals surface area contributed by atoms with Gasteiger partial charge in [0.25, 0.3) is 0 Å². The number of hydrogen-bond donors (Lipinski definition) is 1. The number of piperidine rings is 1. The minimum atomic E-state index is 0.0399. The van der Waals surface area contributed by atoms with Gasteiger partial charge in [-0.25, -0.2) is 9.78 Å². The molecule has 0 bridgehead atoms. The van der Waals surface area contributed by atoms with Crippen molar-refractivity contribution in [2.24, 2.45) is 11.8 Å². The number of ether oxygens (including phenoxy) is 1. The normalized spacial score (nSPS) is 24.8. The van der Waals surface area contributed by atoms with E-state index in [1.807, 2.05) is 17.2 Å².